The molecule has 0 aliphatic rings. The van der Waals surface area contributed by atoms with E-state index in [1.54, 1.807) is 0 Å². The summed E-state index contributed by atoms with van der Waals surface area (Å²) in [5.41, 5.74) is -0.278. The zero-order valence-corrected chi connectivity index (χ0v) is 12.9. The van der Waals surface area contributed by atoms with E-state index in [1.165, 1.54) is 25.7 Å². The van der Waals surface area contributed by atoms with Crippen molar-refractivity contribution in [2.75, 3.05) is 0 Å². The lowest BCUT2D eigenvalue weighted by atomic mass is 9.81. The zero-order chi connectivity index (χ0) is 15.3. The minimum absolute atomic E-state index is 0.213. The Balaban J connectivity index is 3.69. The molecule has 0 radical (unpaired) electrons. The summed E-state index contributed by atoms with van der Waals surface area (Å²) in [7, 11) is 0. The van der Waals surface area contributed by atoms with Gasteiger partial charge in [-0.1, -0.05) is 38.2 Å². The van der Waals surface area contributed by atoms with E-state index in [4.69, 9.17) is 5.11 Å². The number of hydrogen-bond donors (Lipinski definition) is 1. The van der Waals surface area contributed by atoms with Crippen molar-refractivity contribution in [2.24, 2.45) is 5.41 Å². The smallest absolute Gasteiger partial charge is 0.303 e. The van der Waals surface area contributed by atoms with Crippen LogP contribution < -0.4 is 0 Å². The molecular weight excluding hydrogens is 250 g/mol. The van der Waals surface area contributed by atoms with E-state index in [1.807, 2.05) is 13.0 Å². The molecule has 1 N–H and O–H groups in total. The first-order chi connectivity index (χ1) is 9.54. The summed E-state index contributed by atoms with van der Waals surface area (Å²) in [4.78, 5) is 10.4. The number of nitriles is 1. The average molecular weight is 279 g/mol. The van der Waals surface area contributed by atoms with Crippen LogP contribution in [0.3, 0.4) is 0 Å². The highest BCUT2D eigenvalue weighted by Gasteiger charge is 2.22. The van der Waals surface area contributed by atoms with E-state index < -0.39 is 5.97 Å². The number of rotatable bonds is 13. The Morgan fingerprint density at radius 3 is 2.25 bits per heavy atom. The molecule has 3 nitrogen and oxygen atoms in total. The molecular formula is C17H29NO2. The lowest BCUT2D eigenvalue weighted by Gasteiger charge is -2.21. The fraction of sp³-hybridized carbons (Fsp3) is 0.765. The number of unbranched alkanes of at least 4 members (excludes halogenated alkanes) is 6. The van der Waals surface area contributed by atoms with Crippen molar-refractivity contribution in [1.82, 2.24) is 0 Å². The largest absolute Gasteiger partial charge is 0.481 e. The highest BCUT2D eigenvalue weighted by molar-refractivity contribution is 5.66. The van der Waals surface area contributed by atoms with Gasteiger partial charge in [0.15, 0.2) is 0 Å². The molecule has 0 saturated carbocycles. The van der Waals surface area contributed by atoms with Crippen molar-refractivity contribution in [3.05, 3.63) is 12.7 Å². The van der Waals surface area contributed by atoms with Gasteiger partial charge in [0.05, 0.1) is 11.5 Å². The second kappa shape index (κ2) is 11.5. The summed E-state index contributed by atoms with van der Waals surface area (Å²) in [6.07, 6.45) is 12.5. The third-order valence-corrected chi connectivity index (χ3v) is 3.78. The summed E-state index contributed by atoms with van der Waals surface area (Å²) in [5, 5.41) is 17.9. The van der Waals surface area contributed by atoms with Gasteiger partial charge in [-0.2, -0.15) is 5.26 Å². The van der Waals surface area contributed by atoms with Gasteiger partial charge in [0.2, 0.25) is 0 Å². The van der Waals surface area contributed by atoms with Crippen LogP contribution in [-0.2, 0) is 4.79 Å². The summed E-state index contributed by atoms with van der Waals surface area (Å²) in [6, 6.07) is 2.42. The van der Waals surface area contributed by atoms with Gasteiger partial charge in [-0.3, -0.25) is 4.79 Å². The molecule has 0 fully saturated rings. The molecule has 0 saturated heterocycles. The Morgan fingerprint density at radius 2 is 1.70 bits per heavy atom. The van der Waals surface area contributed by atoms with Crippen LogP contribution in [0.25, 0.3) is 0 Å². The number of hydrogen-bond acceptors (Lipinski definition) is 2. The van der Waals surface area contributed by atoms with Crippen molar-refractivity contribution in [3.63, 3.8) is 0 Å². The van der Waals surface area contributed by atoms with Crippen LogP contribution in [0.15, 0.2) is 12.7 Å². The van der Waals surface area contributed by atoms with E-state index >= 15 is 0 Å². The van der Waals surface area contributed by atoms with Crippen molar-refractivity contribution >= 4 is 5.97 Å². The molecule has 0 spiro atoms. The van der Waals surface area contributed by atoms with Crippen LogP contribution >= 0.6 is 0 Å². The summed E-state index contributed by atoms with van der Waals surface area (Å²) < 4.78 is 0. The molecule has 0 rings (SSSR count). The molecule has 0 heterocycles. The molecule has 114 valence electrons. The molecule has 0 aliphatic carbocycles. The molecule has 0 bridgehead atoms. The first kappa shape index (κ1) is 18.7. The minimum Gasteiger partial charge on any atom is -0.481 e. The summed E-state index contributed by atoms with van der Waals surface area (Å²) >= 11 is 0. The van der Waals surface area contributed by atoms with Crippen molar-refractivity contribution < 1.29 is 9.90 Å². The van der Waals surface area contributed by atoms with Gasteiger partial charge in [-0.15, -0.1) is 6.58 Å². The van der Waals surface area contributed by atoms with Gasteiger partial charge in [-0.05, 0) is 39.0 Å². The van der Waals surface area contributed by atoms with E-state index in [0.717, 1.165) is 32.1 Å². The maximum absolute atomic E-state index is 10.4. The quantitative estimate of drug-likeness (QED) is 0.378. The Morgan fingerprint density at radius 1 is 1.15 bits per heavy atom. The van der Waals surface area contributed by atoms with Crippen LogP contribution in [0, 0.1) is 16.7 Å². The first-order valence-electron chi connectivity index (χ1n) is 7.78. The second-order valence-corrected chi connectivity index (χ2v) is 5.87. The van der Waals surface area contributed by atoms with E-state index in [0.29, 0.717) is 6.42 Å². The van der Waals surface area contributed by atoms with Gasteiger partial charge < -0.3 is 5.11 Å². The Bertz CT molecular complexity index is 319. The molecule has 0 aliphatic heterocycles. The number of nitrogens with zero attached hydrogens (tertiary/aromatic N) is 1. The molecule has 1 atom stereocenters. The standard InChI is InChI=1S/C17H29NO2/c1-3-4-5-6-7-8-10-13-17(2,15-18)14-11-9-12-16(19)20/h3H,1,4-14H2,2H3,(H,19,20). The molecule has 20 heavy (non-hydrogen) atoms. The Kier molecular flexibility index (Phi) is 10.8. The number of carbonyl (C=O) groups is 1. The van der Waals surface area contributed by atoms with Crippen LogP contribution in [-0.4, -0.2) is 11.1 Å². The second-order valence-electron chi connectivity index (χ2n) is 5.87. The van der Waals surface area contributed by atoms with Crippen LogP contribution in [0.4, 0.5) is 0 Å². The Hall–Kier alpha value is -1.30. The minimum atomic E-state index is -0.747. The van der Waals surface area contributed by atoms with Gasteiger partial charge in [0, 0.05) is 6.42 Å². The topological polar surface area (TPSA) is 61.1 Å². The molecule has 0 aromatic heterocycles. The monoisotopic (exact) mass is 279 g/mol. The Labute approximate surface area is 123 Å². The highest BCUT2D eigenvalue weighted by Crippen LogP contribution is 2.30. The fourth-order valence-electron chi connectivity index (χ4n) is 2.36. The number of carboxylic acids is 1. The molecule has 1 unspecified atom stereocenters. The van der Waals surface area contributed by atoms with E-state index in [2.05, 4.69) is 12.6 Å². The summed E-state index contributed by atoms with van der Waals surface area (Å²) in [6.45, 7) is 5.72. The van der Waals surface area contributed by atoms with Gasteiger partial charge >= 0.3 is 5.97 Å². The van der Waals surface area contributed by atoms with E-state index in [9.17, 15) is 10.1 Å². The SMILES string of the molecule is C=CCCCCCCCC(C)(C#N)CCCCC(=O)O. The number of aliphatic carboxylic acids is 1. The predicted octanol–water partition coefficient (Wildman–Crippen LogP) is 5.08. The highest BCUT2D eigenvalue weighted by atomic mass is 16.4. The van der Waals surface area contributed by atoms with Gasteiger partial charge in [0.1, 0.15) is 0 Å². The van der Waals surface area contributed by atoms with Crippen molar-refractivity contribution in [1.29, 1.82) is 5.26 Å². The van der Waals surface area contributed by atoms with Crippen molar-refractivity contribution in [2.45, 2.75) is 77.6 Å². The lowest BCUT2D eigenvalue weighted by Crippen LogP contribution is -2.13. The molecule has 0 aromatic carbocycles. The molecule has 3 heteroatoms. The van der Waals surface area contributed by atoms with Crippen LogP contribution in [0.2, 0.25) is 0 Å². The first-order valence-corrected chi connectivity index (χ1v) is 7.78. The number of carboxylic acid groups (broad SMARTS) is 1. The third-order valence-electron chi connectivity index (χ3n) is 3.78. The predicted molar refractivity (Wildman–Crippen MR) is 82.3 cm³/mol. The maximum atomic E-state index is 10.4. The third kappa shape index (κ3) is 10.6. The normalized spacial score (nSPS) is 13.4. The molecule has 0 amide bonds. The zero-order valence-electron chi connectivity index (χ0n) is 12.9. The molecule has 0 aromatic rings. The fourth-order valence-corrected chi connectivity index (χ4v) is 2.36. The van der Waals surface area contributed by atoms with Crippen molar-refractivity contribution in [3.8, 4) is 6.07 Å². The van der Waals surface area contributed by atoms with Crippen LogP contribution in [0.5, 0.6) is 0 Å². The average Bonchev–Trinajstić information content (AvgIpc) is 2.42. The maximum Gasteiger partial charge on any atom is 0.303 e. The van der Waals surface area contributed by atoms with Crippen LogP contribution in [0.1, 0.15) is 77.6 Å². The lowest BCUT2D eigenvalue weighted by molar-refractivity contribution is -0.137. The van der Waals surface area contributed by atoms with E-state index in [-0.39, 0.29) is 11.8 Å². The van der Waals surface area contributed by atoms with Gasteiger partial charge in [-0.25, -0.2) is 0 Å². The number of allylic oxidation sites excluding steroid dienone is 1. The van der Waals surface area contributed by atoms with Gasteiger partial charge in [0.25, 0.3) is 0 Å². The summed E-state index contributed by atoms with van der Waals surface area (Å²) in [5.74, 6) is -0.747.